The maximum Gasteiger partial charge on any atom is 0.219 e. The molecule has 0 aliphatic carbocycles. The Balaban J connectivity index is 1.88. The van der Waals surface area contributed by atoms with Gasteiger partial charge in [0.05, 0.1) is 11.4 Å². The van der Waals surface area contributed by atoms with Crippen molar-refractivity contribution in [2.24, 2.45) is 16.5 Å². The van der Waals surface area contributed by atoms with E-state index in [0.717, 1.165) is 47.2 Å². The van der Waals surface area contributed by atoms with Gasteiger partial charge >= 0.3 is 0 Å². The topological polar surface area (TPSA) is 120 Å². The quantitative estimate of drug-likeness (QED) is 0.222. The molecule has 0 aliphatic heterocycles. The molecule has 0 amide bonds. The number of nitrogens with two attached hydrogens (primary N) is 2. The Morgan fingerprint density at radius 1 is 1.16 bits per heavy atom. The number of imidazole rings is 1. The van der Waals surface area contributed by atoms with Crippen LogP contribution in [0.25, 0.3) is 27.8 Å². The van der Waals surface area contributed by atoms with Gasteiger partial charge in [0.15, 0.2) is 11.6 Å². The number of aryl methyl sites for hydroxylation is 2. The molecule has 4 rings (SSSR count). The number of fused-ring (bicyclic) bond motifs is 2. The first-order chi connectivity index (χ1) is 15.4. The Kier molecular flexibility index (Phi) is 6.03. The summed E-state index contributed by atoms with van der Waals surface area (Å²) in [7, 11) is 0. The molecule has 0 bridgehead atoms. The van der Waals surface area contributed by atoms with Crippen LogP contribution >= 0.6 is 0 Å². The zero-order valence-corrected chi connectivity index (χ0v) is 18.9. The first-order valence-corrected chi connectivity index (χ1v) is 11.2. The summed E-state index contributed by atoms with van der Waals surface area (Å²) < 4.78 is 3.99. The zero-order chi connectivity index (χ0) is 22.8. The number of guanidine groups is 1. The van der Waals surface area contributed by atoms with Gasteiger partial charge in [-0.2, -0.15) is 0 Å². The van der Waals surface area contributed by atoms with Crippen LogP contribution in [0, 0.1) is 0 Å². The Morgan fingerprint density at radius 3 is 2.66 bits per heavy atom. The number of nitrogens with zero attached hydrogens (tertiary/aromatic N) is 5. The fraction of sp³-hybridized carbons (Fsp3) is 0.375. The summed E-state index contributed by atoms with van der Waals surface area (Å²) in [6.07, 6.45) is 6.29. The summed E-state index contributed by atoms with van der Waals surface area (Å²) in [4.78, 5) is 13.9. The molecule has 4 aromatic rings. The minimum Gasteiger partial charge on any atom is -0.493 e. The molecule has 0 aliphatic rings. The molecule has 1 aromatic carbocycles. The number of benzene rings is 1. The molecule has 0 saturated heterocycles. The highest BCUT2D eigenvalue weighted by Crippen LogP contribution is 2.34. The van der Waals surface area contributed by atoms with E-state index >= 15 is 0 Å². The first kappa shape index (κ1) is 21.7. The van der Waals surface area contributed by atoms with Crippen molar-refractivity contribution in [1.29, 1.82) is 0 Å². The third kappa shape index (κ3) is 3.88. The van der Waals surface area contributed by atoms with Crippen LogP contribution in [0.3, 0.4) is 0 Å². The van der Waals surface area contributed by atoms with Crippen molar-refractivity contribution in [2.75, 3.05) is 6.54 Å². The van der Waals surface area contributed by atoms with Gasteiger partial charge in [-0.05, 0) is 32.3 Å². The number of rotatable bonds is 8. The van der Waals surface area contributed by atoms with E-state index in [1.54, 1.807) is 4.40 Å². The standard InChI is InChI=1S/C24H31N7O/c1-4-15(3)21-23(32)31-14-19(17-13-30(5-2)20-11-7-6-9-16(17)20)28-18(22(31)29-21)10-8-12-27-24(25)26/h6-7,9,11,13-15,32H,4-5,8,10,12H2,1-3H3,(H4,25,26,27). The van der Waals surface area contributed by atoms with Crippen molar-refractivity contribution in [3.63, 3.8) is 0 Å². The molecule has 8 heteroatoms. The molecule has 168 valence electrons. The van der Waals surface area contributed by atoms with Gasteiger partial charge < -0.3 is 21.1 Å². The second-order valence-electron chi connectivity index (χ2n) is 8.15. The lowest BCUT2D eigenvalue weighted by atomic mass is 10.1. The van der Waals surface area contributed by atoms with E-state index in [1.165, 1.54) is 0 Å². The minimum atomic E-state index is 0.0849. The van der Waals surface area contributed by atoms with Crippen LogP contribution in [0.4, 0.5) is 0 Å². The van der Waals surface area contributed by atoms with Gasteiger partial charge in [-0.15, -0.1) is 0 Å². The van der Waals surface area contributed by atoms with Crippen LogP contribution in [0.5, 0.6) is 5.88 Å². The monoisotopic (exact) mass is 433 g/mol. The van der Waals surface area contributed by atoms with Crippen LogP contribution in [0.15, 0.2) is 41.7 Å². The van der Waals surface area contributed by atoms with E-state index in [4.69, 9.17) is 21.4 Å². The van der Waals surface area contributed by atoms with Crippen LogP contribution in [0.1, 0.15) is 50.9 Å². The maximum absolute atomic E-state index is 11.0. The normalized spacial score (nSPS) is 12.5. The number of aliphatic imine (C=N–C) groups is 1. The summed E-state index contributed by atoms with van der Waals surface area (Å²) >= 11 is 0. The molecule has 0 fully saturated rings. The molecule has 1 unspecified atom stereocenters. The summed E-state index contributed by atoms with van der Waals surface area (Å²) in [6, 6.07) is 8.31. The molecule has 32 heavy (non-hydrogen) atoms. The summed E-state index contributed by atoms with van der Waals surface area (Å²) in [5.41, 5.74) is 16.1. The Morgan fingerprint density at radius 2 is 1.94 bits per heavy atom. The van der Waals surface area contributed by atoms with Crippen LogP contribution < -0.4 is 11.5 Å². The molecule has 5 N–H and O–H groups in total. The molecular formula is C24H31N7O. The van der Waals surface area contributed by atoms with E-state index < -0.39 is 0 Å². The van der Waals surface area contributed by atoms with Gasteiger partial charge in [0.2, 0.25) is 5.88 Å². The molecule has 3 aromatic heterocycles. The lowest BCUT2D eigenvalue weighted by molar-refractivity contribution is 0.435. The van der Waals surface area contributed by atoms with Gasteiger partial charge in [0.25, 0.3) is 0 Å². The van der Waals surface area contributed by atoms with E-state index in [2.05, 4.69) is 48.7 Å². The third-order valence-corrected chi connectivity index (χ3v) is 6.03. The predicted molar refractivity (Wildman–Crippen MR) is 129 cm³/mol. The highest BCUT2D eigenvalue weighted by Gasteiger charge is 2.21. The van der Waals surface area contributed by atoms with Gasteiger partial charge in [0.1, 0.15) is 5.69 Å². The SMILES string of the molecule is CCC(C)c1nc2c(CCCN=C(N)N)nc(-c3cn(CC)c4ccccc34)cn2c1O. The molecule has 3 heterocycles. The Hall–Kier alpha value is -3.55. The number of hydrogen-bond acceptors (Lipinski definition) is 4. The molecule has 0 radical (unpaired) electrons. The lowest BCUT2D eigenvalue weighted by Crippen LogP contribution is -2.23. The van der Waals surface area contributed by atoms with Crippen molar-refractivity contribution >= 4 is 22.5 Å². The fourth-order valence-corrected chi connectivity index (χ4v) is 4.10. The first-order valence-electron chi connectivity index (χ1n) is 11.2. The second kappa shape index (κ2) is 8.90. The maximum atomic E-state index is 11.0. The highest BCUT2D eigenvalue weighted by molar-refractivity contribution is 5.95. The average molecular weight is 434 g/mol. The van der Waals surface area contributed by atoms with E-state index in [0.29, 0.717) is 24.3 Å². The van der Waals surface area contributed by atoms with E-state index in [-0.39, 0.29) is 17.8 Å². The lowest BCUT2D eigenvalue weighted by Gasteiger charge is -2.07. The van der Waals surface area contributed by atoms with Crippen molar-refractivity contribution in [3.05, 3.63) is 48.0 Å². The van der Waals surface area contributed by atoms with Gasteiger partial charge in [-0.25, -0.2) is 9.97 Å². The Bertz CT molecular complexity index is 1280. The molecule has 0 spiro atoms. The van der Waals surface area contributed by atoms with Gasteiger partial charge in [0, 0.05) is 47.9 Å². The van der Waals surface area contributed by atoms with Crippen LogP contribution in [-0.2, 0) is 13.0 Å². The number of aromatic nitrogens is 4. The second-order valence-corrected chi connectivity index (χ2v) is 8.15. The Labute approximate surface area is 187 Å². The highest BCUT2D eigenvalue weighted by atomic mass is 16.3. The zero-order valence-electron chi connectivity index (χ0n) is 18.9. The fourth-order valence-electron chi connectivity index (χ4n) is 4.10. The molecular weight excluding hydrogens is 402 g/mol. The predicted octanol–water partition coefficient (Wildman–Crippen LogP) is 3.80. The third-order valence-electron chi connectivity index (χ3n) is 6.03. The smallest absolute Gasteiger partial charge is 0.219 e. The van der Waals surface area contributed by atoms with E-state index in [9.17, 15) is 5.11 Å². The van der Waals surface area contributed by atoms with Gasteiger partial charge in [-0.1, -0.05) is 32.0 Å². The van der Waals surface area contributed by atoms with Crippen LogP contribution in [-0.4, -0.2) is 36.5 Å². The number of hydrogen-bond donors (Lipinski definition) is 3. The molecule has 1 atom stereocenters. The number of aromatic hydroxyl groups is 1. The summed E-state index contributed by atoms with van der Waals surface area (Å²) in [5, 5.41) is 12.1. The summed E-state index contributed by atoms with van der Waals surface area (Å²) in [6.45, 7) is 7.67. The largest absolute Gasteiger partial charge is 0.493 e. The average Bonchev–Trinajstić information content (AvgIpc) is 3.34. The van der Waals surface area contributed by atoms with Gasteiger partial charge in [-0.3, -0.25) is 9.39 Å². The molecule has 0 saturated carbocycles. The van der Waals surface area contributed by atoms with Crippen LogP contribution in [0.2, 0.25) is 0 Å². The van der Waals surface area contributed by atoms with E-state index in [1.807, 2.05) is 18.3 Å². The summed E-state index contributed by atoms with van der Waals surface area (Å²) in [5.74, 6) is 0.416. The van der Waals surface area contributed by atoms with Crippen molar-refractivity contribution < 1.29 is 5.11 Å². The number of para-hydroxylation sites is 1. The van der Waals surface area contributed by atoms with Crippen molar-refractivity contribution in [3.8, 4) is 17.1 Å². The minimum absolute atomic E-state index is 0.0849. The molecule has 8 nitrogen and oxygen atoms in total. The van der Waals surface area contributed by atoms with Crippen molar-refractivity contribution in [2.45, 2.75) is 52.5 Å². The van der Waals surface area contributed by atoms with Crippen molar-refractivity contribution in [1.82, 2.24) is 18.9 Å².